The van der Waals surface area contributed by atoms with Crippen molar-refractivity contribution in [2.75, 3.05) is 13.2 Å². The van der Waals surface area contributed by atoms with Crippen LogP contribution in [-0.2, 0) is 32.2 Å². The third kappa shape index (κ3) is 8.97. The van der Waals surface area contributed by atoms with E-state index in [4.69, 9.17) is 14.2 Å². The highest BCUT2D eigenvalue weighted by Gasteiger charge is 2.28. The van der Waals surface area contributed by atoms with E-state index in [1.54, 1.807) is 0 Å². The summed E-state index contributed by atoms with van der Waals surface area (Å²) >= 11 is 0. The molecule has 32 heavy (non-hydrogen) atoms. The van der Waals surface area contributed by atoms with Crippen LogP contribution in [0.4, 0.5) is 0 Å². The summed E-state index contributed by atoms with van der Waals surface area (Å²) in [5, 5.41) is 0. The van der Waals surface area contributed by atoms with Gasteiger partial charge < -0.3 is 14.2 Å². The minimum Gasteiger partial charge on any atom is -0.458 e. The molecule has 1 aliphatic rings. The lowest BCUT2D eigenvalue weighted by atomic mass is 9.88. The lowest BCUT2D eigenvalue weighted by Gasteiger charge is -2.29. The maximum Gasteiger partial charge on any atom is 0.306 e. The molecule has 2 aromatic rings. The van der Waals surface area contributed by atoms with E-state index >= 15 is 0 Å². The zero-order valence-corrected chi connectivity index (χ0v) is 19.2. The molecule has 0 spiro atoms. The van der Waals surface area contributed by atoms with Crippen molar-refractivity contribution in [1.82, 2.24) is 0 Å². The van der Waals surface area contributed by atoms with Crippen LogP contribution in [0.5, 0.6) is 0 Å². The largest absolute Gasteiger partial charge is 0.458 e. The number of benzene rings is 2. The molecular weight excluding hydrogens is 400 g/mol. The third-order valence-corrected chi connectivity index (χ3v) is 5.85. The molecule has 0 N–H and O–H groups in total. The maximum atomic E-state index is 11.9. The molecule has 0 aromatic heterocycles. The average molecular weight is 437 g/mol. The van der Waals surface area contributed by atoms with E-state index in [1.165, 1.54) is 16.7 Å². The van der Waals surface area contributed by atoms with Gasteiger partial charge in [0.15, 0.2) is 0 Å². The number of ether oxygens (including phenoxy) is 3. The van der Waals surface area contributed by atoms with Crippen molar-refractivity contribution in [2.45, 2.75) is 64.8 Å². The molecule has 172 valence electrons. The molecule has 4 nitrogen and oxygen atoms in total. The second kappa shape index (κ2) is 13.9. The van der Waals surface area contributed by atoms with Crippen LogP contribution in [0.2, 0.25) is 0 Å². The maximum absolute atomic E-state index is 11.9. The van der Waals surface area contributed by atoms with Gasteiger partial charge in [0.1, 0.15) is 6.10 Å². The Morgan fingerprint density at radius 1 is 0.938 bits per heavy atom. The number of esters is 1. The third-order valence-electron chi connectivity index (χ3n) is 5.85. The van der Waals surface area contributed by atoms with Crippen molar-refractivity contribution in [1.29, 1.82) is 0 Å². The van der Waals surface area contributed by atoms with Gasteiger partial charge in [0, 0.05) is 25.6 Å². The van der Waals surface area contributed by atoms with Crippen molar-refractivity contribution in [3.8, 4) is 0 Å². The fourth-order valence-corrected chi connectivity index (χ4v) is 4.05. The van der Waals surface area contributed by atoms with Crippen molar-refractivity contribution < 1.29 is 19.0 Å². The Kier molecular flexibility index (Phi) is 10.5. The molecule has 0 radical (unpaired) electrons. The van der Waals surface area contributed by atoms with Gasteiger partial charge in [-0.1, -0.05) is 66.2 Å². The summed E-state index contributed by atoms with van der Waals surface area (Å²) in [5.41, 5.74) is 3.66. The monoisotopic (exact) mass is 436 g/mol. The predicted molar refractivity (Wildman–Crippen MR) is 127 cm³/mol. The first-order valence-electron chi connectivity index (χ1n) is 11.8. The summed E-state index contributed by atoms with van der Waals surface area (Å²) < 4.78 is 17.3. The number of rotatable bonds is 13. The van der Waals surface area contributed by atoms with Crippen molar-refractivity contribution in [2.24, 2.45) is 5.92 Å². The first kappa shape index (κ1) is 24.2. The highest BCUT2D eigenvalue weighted by atomic mass is 16.5. The van der Waals surface area contributed by atoms with Crippen LogP contribution < -0.4 is 0 Å². The van der Waals surface area contributed by atoms with Crippen LogP contribution in [0.15, 0.2) is 72.3 Å². The Morgan fingerprint density at radius 3 is 2.16 bits per heavy atom. The van der Waals surface area contributed by atoms with Crippen molar-refractivity contribution >= 4 is 5.97 Å². The predicted octanol–water partition coefficient (Wildman–Crippen LogP) is 6.25. The van der Waals surface area contributed by atoms with E-state index in [0.717, 1.165) is 45.3 Å². The van der Waals surface area contributed by atoms with E-state index in [-0.39, 0.29) is 12.1 Å². The first-order valence-corrected chi connectivity index (χ1v) is 11.8. The normalized spacial score (nSPS) is 19.0. The average Bonchev–Trinajstić information content (AvgIpc) is 2.81. The van der Waals surface area contributed by atoms with E-state index < -0.39 is 0 Å². The lowest BCUT2D eigenvalue weighted by molar-refractivity contribution is -0.155. The Bertz CT molecular complexity index is 816. The number of carbonyl (C=O) groups is 1. The van der Waals surface area contributed by atoms with Gasteiger partial charge in [0.25, 0.3) is 0 Å². The van der Waals surface area contributed by atoms with Crippen LogP contribution >= 0.6 is 0 Å². The van der Waals surface area contributed by atoms with Crippen LogP contribution in [0.3, 0.4) is 0 Å². The summed E-state index contributed by atoms with van der Waals surface area (Å²) in [6, 6.07) is 20.5. The SMILES string of the molecule is C/C(=C\[C@H]1OC(=O)CC[C@H]1CCCOCc1ccccc1)CCCOCc1ccccc1. The quantitative estimate of drug-likeness (QED) is 0.212. The second-order valence-corrected chi connectivity index (χ2v) is 8.59. The summed E-state index contributed by atoms with van der Waals surface area (Å²) in [6.07, 6.45) is 7.37. The number of allylic oxidation sites excluding steroid dienone is 1. The highest BCUT2D eigenvalue weighted by Crippen LogP contribution is 2.28. The fraction of sp³-hybridized carbons (Fsp3) is 0.464. The molecule has 0 unspecified atom stereocenters. The minimum atomic E-state index is -0.115. The van der Waals surface area contributed by atoms with Gasteiger partial charge in [-0.2, -0.15) is 0 Å². The van der Waals surface area contributed by atoms with Crippen molar-refractivity contribution in [3.05, 3.63) is 83.4 Å². The Morgan fingerprint density at radius 2 is 1.53 bits per heavy atom. The van der Waals surface area contributed by atoms with Crippen LogP contribution in [0, 0.1) is 5.92 Å². The van der Waals surface area contributed by atoms with Gasteiger partial charge in [-0.3, -0.25) is 4.79 Å². The Balaban J connectivity index is 1.35. The zero-order valence-electron chi connectivity index (χ0n) is 19.2. The van der Waals surface area contributed by atoms with Crippen LogP contribution in [-0.4, -0.2) is 25.3 Å². The minimum absolute atomic E-state index is 0.0816. The highest BCUT2D eigenvalue weighted by molar-refractivity contribution is 5.70. The summed E-state index contributed by atoms with van der Waals surface area (Å²) in [5.74, 6) is 0.291. The molecular formula is C28H36O4. The summed E-state index contributed by atoms with van der Waals surface area (Å²) in [6.45, 7) is 4.88. The lowest BCUT2D eigenvalue weighted by Crippen LogP contribution is -2.31. The van der Waals surface area contributed by atoms with Crippen molar-refractivity contribution in [3.63, 3.8) is 0 Å². The van der Waals surface area contributed by atoms with Gasteiger partial charge in [-0.25, -0.2) is 0 Å². The van der Waals surface area contributed by atoms with Crippen LogP contribution in [0.1, 0.15) is 56.6 Å². The van der Waals surface area contributed by atoms with Gasteiger partial charge in [-0.05, 0) is 56.2 Å². The number of hydrogen-bond donors (Lipinski definition) is 0. The molecule has 4 heteroatoms. The Labute approximate surface area is 192 Å². The number of cyclic esters (lactones) is 1. The fourth-order valence-electron chi connectivity index (χ4n) is 4.05. The Hall–Kier alpha value is -2.43. The molecule has 0 saturated carbocycles. The molecule has 1 saturated heterocycles. The van der Waals surface area contributed by atoms with Gasteiger partial charge in [0.05, 0.1) is 13.2 Å². The summed E-state index contributed by atoms with van der Waals surface area (Å²) in [4.78, 5) is 11.9. The van der Waals surface area contributed by atoms with Gasteiger partial charge in [0.2, 0.25) is 0 Å². The molecule has 2 atom stereocenters. The molecule has 1 heterocycles. The second-order valence-electron chi connectivity index (χ2n) is 8.59. The van der Waals surface area contributed by atoms with E-state index in [1.807, 2.05) is 36.4 Å². The molecule has 0 bridgehead atoms. The van der Waals surface area contributed by atoms with E-state index in [0.29, 0.717) is 25.6 Å². The molecule has 0 amide bonds. The zero-order chi connectivity index (χ0) is 22.4. The molecule has 0 aliphatic carbocycles. The molecule has 1 aliphatic heterocycles. The standard InChI is InChI=1S/C28H36O4/c1-23(10-8-18-30-21-24-11-4-2-5-12-24)20-27-26(16-17-28(29)32-27)15-9-19-31-22-25-13-6-3-7-14-25/h2-7,11-14,20,26-27H,8-10,15-19,21-22H2,1H3/b23-20+/t26-,27-/m1/s1. The van der Waals surface area contributed by atoms with E-state index in [9.17, 15) is 4.79 Å². The molecule has 3 rings (SSSR count). The van der Waals surface area contributed by atoms with Gasteiger partial charge >= 0.3 is 5.97 Å². The molecule has 2 aromatic carbocycles. The molecule has 1 fully saturated rings. The van der Waals surface area contributed by atoms with Gasteiger partial charge in [-0.15, -0.1) is 0 Å². The topological polar surface area (TPSA) is 44.8 Å². The van der Waals surface area contributed by atoms with E-state index in [2.05, 4.69) is 37.3 Å². The number of carbonyl (C=O) groups excluding carboxylic acids is 1. The summed E-state index contributed by atoms with van der Waals surface area (Å²) in [7, 11) is 0. The first-order chi connectivity index (χ1) is 15.7. The smallest absolute Gasteiger partial charge is 0.306 e. The number of hydrogen-bond acceptors (Lipinski definition) is 4. The van der Waals surface area contributed by atoms with Crippen LogP contribution in [0.25, 0.3) is 0 Å².